The van der Waals surface area contributed by atoms with Gasteiger partial charge in [-0.05, 0) is 11.6 Å². The Labute approximate surface area is 61.3 Å². The fraction of sp³-hybridized carbons (Fsp3) is 0.500. The number of hydrogen-bond acceptors (Lipinski definition) is 3. The SMILES string of the molecule is O=C(Cl)N1CCSC1=O. The number of carbonyl (C=O) groups is 2. The molecule has 1 fully saturated rings. The smallest absolute Gasteiger partial charge is 0.261 e. The largest absolute Gasteiger partial charge is 0.323 e. The molecular weight excluding hydrogens is 162 g/mol. The highest BCUT2D eigenvalue weighted by atomic mass is 35.5. The van der Waals surface area contributed by atoms with Crippen LogP contribution in [0.5, 0.6) is 0 Å². The van der Waals surface area contributed by atoms with Gasteiger partial charge in [-0.2, -0.15) is 0 Å². The highest BCUT2D eigenvalue weighted by Crippen LogP contribution is 2.18. The van der Waals surface area contributed by atoms with Crippen LogP contribution in [0.3, 0.4) is 0 Å². The maximum absolute atomic E-state index is 10.6. The average Bonchev–Trinajstić information content (AvgIpc) is 2.13. The Hall–Kier alpha value is -0.220. The summed E-state index contributed by atoms with van der Waals surface area (Å²) in [7, 11) is 0. The highest BCUT2D eigenvalue weighted by molar-refractivity contribution is 8.13. The van der Waals surface area contributed by atoms with E-state index in [1.165, 1.54) is 0 Å². The molecule has 1 heterocycles. The van der Waals surface area contributed by atoms with Crippen molar-refractivity contribution in [3.8, 4) is 0 Å². The Morgan fingerprint density at radius 3 is 2.67 bits per heavy atom. The van der Waals surface area contributed by atoms with Crippen molar-refractivity contribution in [2.24, 2.45) is 0 Å². The lowest BCUT2D eigenvalue weighted by atomic mass is 10.7. The van der Waals surface area contributed by atoms with Crippen molar-refractivity contribution in [3.05, 3.63) is 0 Å². The Morgan fingerprint density at radius 2 is 2.44 bits per heavy atom. The van der Waals surface area contributed by atoms with E-state index in [9.17, 15) is 9.59 Å². The number of thioether (sulfide) groups is 1. The lowest BCUT2D eigenvalue weighted by Crippen LogP contribution is -2.25. The fourth-order valence-electron chi connectivity index (χ4n) is 0.553. The fourth-order valence-corrected chi connectivity index (χ4v) is 1.54. The number of imide groups is 1. The van der Waals surface area contributed by atoms with E-state index in [4.69, 9.17) is 11.6 Å². The first-order valence-corrected chi connectivity index (χ1v) is 3.72. The van der Waals surface area contributed by atoms with Gasteiger partial charge in [0.2, 0.25) is 0 Å². The van der Waals surface area contributed by atoms with Gasteiger partial charge in [0.25, 0.3) is 5.24 Å². The molecule has 0 atom stereocenters. The van der Waals surface area contributed by atoms with Crippen molar-refractivity contribution in [1.29, 1.82) is 0 Å². The summed E-state index contributed by atoms with van der Waals surface area (Å²) in [5.74, 6) is 0.664. The van der Waals surface area contributed by atoms with Crippen molar-refractivity contribution in [3.63, 3.8) is 0 Å². The van der Waals surface area contributed by atoms with E-state index in [0.29, 0.717) is 12.3 Å². The van der Waals surface area contributed by atoms with Crippen LogP contribution in [0.2, 0.25) is 0 Å². The molecule has 0 N–H and O–H groups in total. The normalized spacial score (nSPS) is 18.8. The molecule has 3 nitrogen and oxygen atoms in total. The molecule has 0 radical (unpaired) electrons. The summed E-state index contributed by atoms with van der Waals surface area (Å²) in [6, 6.07) is 0. The third-order valence-electron chi connectivity index (χ3n) is 0.973. The van der Waals surface area contributed by atoms with E-state index in [-0.39, 0.29) is 5.24 Å². The number of rotatable bonds is 0. The van der Waals surface area contributed by atoms with E-state index < -0.39 is 5.37 Å². The second-order valence-electron chi connectivity index (χ2n) is 1.52. The number of halogens is 1. The number of carbonyl (C=O) groups excluding carboxylic acids is 2. The van der Waals surface area contributed by atoms with Gasteiger partial charge in [0, 0.05) is 12.3 Å². The van der Waals surface area contributed by atoms with Crippen LogP contribution in [-0.2, 0) is 0 Å². The lowest BCUT2D eigenvalue weighted by molar-refractivity contribution is 0.220. The van der Waals surface area contributed by atoms with Crippen LogP contribution in [0.4, 0.5) is 9.59 Å². The lowest BCUT2D eigenvalue weighted by Gasteiger charge is -2.04. The zero-order valence-electron chi connectivity index (χ0n) is 4.46. The van der Waals surface area contributed by atoms with E-state index in [0.717, 1.165) is 16.7 Å². The van der Waals surface area contributed by atoms with Gasteiger partial charge >= 0.3 is 5.37 Å². The quantitative estimate of drug-likeness (QED) is 0.404. The van der Waals surface area contributed by atoms with Crippen LogP contribution in [0.15, 0.2) is 0 Å². The van der Waals surface area contributed by atoms with Crippen LogP contribution in [0.25, 0.3) is 0 Å². The minimum absolute atomic E-state index is 0.241. The Morgan fingerprint density at radius 1 is 1.78 bits per heavy atom. The van der Waals surface area contributed by atoms with E-state index in [1.54, 1.807) is 0 Å². The summed E-state index contributed by atoms with van der Waals surface area (Å²) in [5, 5.41) is -0.917. The molecule has 0 bridgehead atoms. The molecule has 50 valence electrons. The zero-order valence-corrected chi connectivity index (χ0v) is 6.04. The number of hydrogen-bond donors (Lipinski definition) is 0. The molecule has 1 saturated heterocycles. The highest BCUT2D eigenvalue weighted by Gasteiger charge is 2.25. The van der Waals surface area contributed by atoms with Crippen molar-refractivity contribution >= 4 is 34.0 Å². The molecule has 0 aromatic carbocycles. The maximum Gasteiger partial charge on any atom is 0.323 e. The first-order valence-electron chi connectivity index (χ1n) is 2.35. The molecule has 0 saturated carbocycles. The Bertz CT molecular complexity index is 161. The van der Waals surface area contributed by atoms with E-state index >= 15 is 0 Å². The summed E-state index contributed by atoms with van der Waals surface area (Å²) in [6.07, 6.45) is 0. The molecule has 1 aliphatic rings. The molecule has 5 heteroatoms. The van der Waals surface area contributed by atoms with Crippen molar-refractivity contribution in [2.45, 2.75) is 0 Å². The molecule has 0 unspecified atom stereocenters. The van der Waals surface area contributed by atoms with E-state index in [2.05, 4.69) is 0 Å². The minimum atomic E-state index is -0.676. The topological polar surface area (TPSA) is 37.4 Å². The Kier molecular flexibility index (Phi) is 1.97. The minimum Gasteiger partial charge on any atom is -0.261 e. The second kappa shape index (κ2) is 2.58. The van der Waals surface area contributed by atoms with Gasteiger partial charge in [-0.25, -0.2) is 0 Å². The van der Waals surface area contributed by atoms with Gasteiger partial charge < -0.3 is 0 Å². The Balaban J connectivity index is 2.60. The summed E-state index contributed by atoms with van der Waals surface area (Å²) >= 11 is 6.15. The van der Waals surface area contributed by atoms with Crippen LogP contribution in [0, 0.1) is 0 Å². The molecule has 9 heavy (non-hydrogen) atoms. The standard InChI is InChI=1S/C4H4ClNO2S/c5-3(7)6-1-2-9-4(6)8/h1-2H2. The first-order chi connectivity index (χ1) is 4.22. The second-order valence-corrected chi connectivity index (χ2v) is 2.89. The van der Waals surface area contributed by atoms with Gasteiger partial charge in [-0.1, -0.05) is 11.8 Å². The third kappa shape index (κ3) is 1.37. The molecule has 0 spiro atoms. The van der Waals surface area contributed by atoms with Crippen LogP contribution in [-0.4, -0.2) is 27.8 Å². The maximum atomic E-state index is 10.6. The van der Waals surface area contributed by atoms with Gasteiger partial charge in [0.05, 0.1) is 0 Å². The summed E-state index contributed by atoms with van der Waals surface area (Å²) in [4.78, 5) is 21.9. The van der Waals surface area contributed by atoms with Crippen molar-refractivity contribution in [1.82, 2.24) is 4.90 Å². The summed E-state index contributed by atoms with van der Waals surface area (Å²) in [5.41, 5.74) is 0. The molecule has 1 aliphatic heterocycles. The molecular formula is C4H4ClNO2S. The van der Waals surface area contributed by atoms with Gasteiger partial charge in [-0.3, -0.25) is 14.5 Å². The molecule has 1 rings (SSSR count). The summed E-state index contributed by atoms with van der Waals surface area (Å²) < 4.78 is 0. The van der Waals surface area contributed by atoms with Crippen molar-refractivity contribution < 1.29 is 9.59 Å². The van der Waals surface area contributed by atoms with Crippen molar-refractivity contribution in [2.75, 3.05) is 12.3 Å². The predicted octanol–water partition coefficient (Wildman–Crippen LogP) is 1.51. The molecule has 2 amide bonds. The molecule has 0 aromatic rings. The number of nitrogens with zero attached hydrogens (tertiary/aromatic N) is 1. The average molecular weight is 166 g/mol. The van der Waals surface area contributed by atoms with Crippen LogP contribution in [0.1, 0.15) is 0 Å². The number of amides is 2. The predicted molar refractivity (Wildman–Crippen MR) is 35.8 cm³/mol. The zero-order chi connectivity index (χ0) is 6.85. The third-order valence-corrected chi connectivity index (χ3v) is 2.03. The molecule has 0 aromatic heterocycles. The molecule has 0 aliphatic carbocycles. The van der Waals surface area contributed by atoms with Gasteiger partial charge in [-0.15, -0.1) is 0 Å². The van der Waals surface area contributed by atoms with Crippen LogP contribution < -0.4 is 0 Å². The summed E-state index contributed by atoms with van der Waals surface area (Å²) in [6.45, 7) is 0.450. The monoisotopic (exact) mass is 165 g/mol. The van der Waals surface area contributed by atoms with Gasteiger partial charge in [0.1, 0.15) is 0 Å². The van der Waals surface area contributed by atoms with Crippen LogP contribution >= 0.6 is 23.4 Å². The first kappa shape index (κ1) is 6.89. The van der Waals surface area contributed by atoms with Gasteiger partial charge in [0.15, 0.2) is 0 Å². The van der Waals surface area contributed by atoms with E-state index in [1.807, 2.05) is 0 Å².